The molecule has 0 spiro atoms. The number of nitrogens with one attached hydrogen (secondary N) is 1. The van der Waals surface area contributed by atoms with Crippen LogP contribution in [0.5, 0.6) is 11.5 Å². The Labute approximate surface area is 215 Å². The van der Waals surface area contributed by atoms with Gasteiger partial charge in [0.25, 0.3) is 16.1 Å². The van der Waals surface area contributed by atoms with E-state index < -0.39 is 40.3 Å². The van der Waals surface area contributed by atoms with E-state index in [0.29, 0.717) is 37.4 Å². The molecule has 2 bridgehead atoms. The van der Waals surface area contributed by atoms with Crippen molar-refractivity contribution in [2.75, 3.05) is 60.2 Å². The number of hydrogen-bond donors (Lipinski definition) is 2. The number of hydroxylamine groups is 3. The number of carbonyl (C=O) groups is 2. The zero-order valence-corrected chi connectivity index (χ0v) is 21.6. The lowest BCUT2D eigenvalue weighted by atomic mass is 10.1. The number of ether oxygens (including phenoxy) is 3. The molecule has 1 aromatic rings. The highest BCUT2D eigenvalue weighted by Crippen LogP contribution is 2.37. The topological polar surface area (TPSA) is 150 Å². The van der Waals surface area contributed by atoms with Gasteiger partial charge in [-0.15, -0.1) is 5.06 Å². The predicted octanol–water partition coefficient (Wildman–Crippen LogP) is -0.343. The highest BCUT2D eigenvalue weighted by molar-refractivity contribution is 7.86. The van der Waals surface area contributed by atoms with Crippen LogP contribution >= 0.6 is 0 Å². The molecule has 0 unspecified atom stereocenters. The fourth-order valence-electron chi connectivity index (χ4n) is 5.02. The average molecular weight is 544 g/mol. The summed E-state index contributed by atoms with van der Waals surface area (Å²) in [6.45, 7) is 1.05. The van der Waals surface area contributed by atoms with E-state index in [1.807, 2.05) is 0 Å². The van der Waals surface area contributed by atoms with Crippen LogP contribution in [0.2, 0.25) is 0 Å². The molecule has 2 amide bonds. The molecule has 3 aliphatic heterocycles. The van der Waals surface area contributed by atoms with Crippen molar-refractivity contribution in [1.29, 1.82) is 0 Å². The lowest BCUT2D eigenvalue weighted by Gasteiger charge is -2.46. The van der Waals surface area contributed by atoms with E-state index in [0.717, 1.165) is 4.31 Å². The van der Waals surface area contributed by atoms with Crippen molar-refractivity contribution in [3.8, 4) is 11.5 Å². The summed E-state index contributed by atoms with van der Waals surface area (Å²) < 4.78 is 45.0. The van der Waals surface area contributed by atoms with Gasteiger partial charge in [-0.3, -0.25) is 14.9 Å². The first-order chi connectivity index (χ1) is 17.8. The monoisotopic (exact) mass is 543 g/mol. The molecule has 4 rings (SSSR count). The third-order valence-electron chi connectivity index (χ3n) is 6.83. The highest BCUT2D eigenvalue weighted by Gasteiger charge is 2.56. The molecular weight excluding hydrogens is 510 g/mol. The highest BCUT2D eigenvalue weighted by atomic mass is 32.2. The van der Waals surface area contributed by atoms with E-state index in [2.05, 4.69) is 0 Å². The Morgan fingerprint density at radius 2 is 1.70 bits per heavy atom. The maximum Gasteiger partial charge on any atom is 0.410 e. The smallest absolute Gasteiger partial charge is 0.410 e. The number of piperazine rings is 2. The first kappa shape index (κ1) is 27.3. The summed E-state index contributed by atoms with van der Waals surface area (Å²) in [6.07, 6.45) is 0.272. The summed E-state index contributed by atoms with van der Waals surface area (Å²) in [4.78, 5) is 32.7. The summed E-state index contributed by atoms with van der Waals surface area (Å²) in [7, 11) is -1.04. The van der Waals surface area contributed by atoms with Gasteiger partial charge in [0.2, 0.25) is 0 Å². The molecule has 0 saturated carbocycles. The van der Waals surface area contributed by atoms with Crippen molar-refractivity contribution in [2.45, 2.75) is 31.0 Å². The first-order valence-corrected chi connectivity index (χ1v) is 13.4. The molecular formula is C22H33N5O9S. The lowest BCUT2D eigenvalue weighted by Crippen LogP contribution is -2.68. The average Bonchev–Trinajstić information content (AvgIpc) is 3.22. The van der Waals surface area contributed by atoms with E-state index in [1.165, 1.54) is 16.3 Å². The molecule has 3 saturated heterocycles. The number of amides is 2. The minimum atomic E-state index is -4.09. The Morgan fingerprint density at radius 3 is 2.32 bits per heavy atom. The molecule has 206 valence electrons. The quantitative estimate of drug-likeness (QED) is 0.240. The Hall–Kier alpha value is -2.69. The Bertz CT molecular complexity index is 1050. The second-order valence-corrected chi connectivity index (χ2v) is 10.8. The predicted molar refractivity (Wildman–Crippen MR) is 128 cm³/mol. The van der Waals surface area contributed by atoms with E-state index in [9.17, 15) is 23.2 Å². The van der Waals surface area contributed by atoms with Gasteiger partial charge in [-0.05, 0) is 37.1 Å². The maximum atomic E-state index is 13.7. The molecule has 3 heterocycles. The number of benzene rings is 1. The summed E-state index contributed by atoms with van der Waals surface area (Å²) >= 11 is 0. The molecule has 1 aromatic carbocycles. The third kappa shape index (κ3) is 5.76. The normalized spacial score (nSPS) is 25.1. The molecule has 14 nitrogen and oxygen atoms in total. The zero-order chi connectivity index (χ0) is 26.6. The van der Waals surface area contributed by atoms with Crippen LogP contribution in [0.3, 0.4) is 0 Å². The number of nitrogens with zero attached hydrogens (tertiary/aromatic N) is 4. The van der Waals surface area contributed by atoms with Gasteiger partial charge < -0.3 is 19.0 Å². The Kier molecular flexibility index (Phi) is 8.71. The van der Waals surface area contributed by atoms with Gasteiger partial charge in [0.15, 0.2) is 0 Å². The second-order valence-electron chi connectivity index (χ2n) is 8.91. The molecule has 3 fully saturated rings. The van der Waals surface area contributed by atoms with Crippen molar-refractivity contribution in [3.63, 3.8) is 0 Å². The fourth-order valence-corrected chi connectivity index (χ4v) is 6.83. The van der Waals surface area contributed by atoms with Crippen LogP contribution in [0.25, 0.3) is 0 Å². The molecule has 0 radical (unpaired) electrons. The minimum absolute atomic E-state index is 0.0347. The van der Waals surface area contributed by atoms with Crippen LogP contribution in [-0.4, -0.2) is 122 Å². The van der Waals surface area contributed by atoms with E-state index in [1.54, 1.807) is 41.9 Å². The summed E-state index contributed by atoms with van der Waals surface area (Å²) in [5, 5.41) is 11.1. The van der Waals surface area contributed by atoms with E-state index in [-0.39, 0.29) is 32.8 Å². The molecule has 0 aliphatic carbocycles. The number of rotatable bonds is 9. The zero-order valence-electron chi connectivity index (χ0n) is 20.8. The molecule has 3 aliphatic rings. The van der Waals surface area contributed by atoms with Crippen LogP contribution in [0.15, 0.2) is 24.3 Å². The van der Waals surface area contributed by atoms with Crippen molar-refractivity contribution in [3.05, 3.63) is 24.3 Å². The van der Waals surface area contributed by atoms with Gasteiger partial charge >= 0.3 is 6.09 Å². The molecule has 2 N–H and O–H groups in total. The Balaban J connectivity index is 1.43. The molecule has 37 heavy (non-hydrogen) atoms. The number of hydrogen-bond acceptors (Lipinski definition) is 10. The molecule has 15 heteroatoms. The molecule has 3 atom stereocenters. The van der Waals surface area contributed by atoms with Gasteiger partial charge in [-0.25, -0.2) is 10.3 Å². The van der Waals surface area contributed by atoms with Gasteiger partial charge in [0.1, 0.15) is 24.1 Å². The second kappa shape index (κ2) is 11.8. The molecule has 0 aromatic heterocycles. The van der Waals surface area contributed by atoms with Crippen LogP contribution in [-0.2, 0) is 24.5 Å². The lowest BCUT2D eigenvalue weighted by molar-refractivity contribution is -0.136. The summed E-state index contributed by atoms with van der Waals surface area (Å²) in [5.41, 5.74) is 1.58. The van der Waals surface area contributed by atoms with Gasteiger partial charge in [-0.1, -0.05) is 0 Å². The van der Waals surface area contributed by atoms with Crippen LogP contribution in [0.4, 0.5) is 4.79 Å². The van der Waals surface area contributed by atoms with Crippen LogP contribution in [0, 0.1) is 0 Å². The summed E-state index contributed by atoms with van der Waals surface area (Å²) in [5.74, 6) is 0.397. The van der Waals surface area contributed by atoms with Crippen molar-refractivity contribution >= 4 is 22.2 Å². The largest absolute Gasteiger partial charge is 0.497 e. The third-order valence-corrected chi connectivity index (χ3v) is 8.82. The van der Waals surface area contributed by atoms with Crippen LogP contribution in [0.1, 0.15) is 12.8 Å². The van der Waals surface area contributed by atoms with Crippen molar-refractivity contribution in [1.82, 2.24) is 24.1 Å². The SMILES string of the molecule is COCCOC(=O)N1[C@@H]2CC[C@H]1[C@H](C(=O)NO)N(S(=O)(=O)N1CCN(Oc3ccc(OC)cc3)CC1)C2. The summed E-state index contributed by atoms with van der Waals surface area (Å²) in [6, 6.07) is 4.54. The van der Waals surface area contributed by atoms with E-state index >= 15 is 0 Å². The number of methoxy groups -OCH3 is 2. The van der Waals surface area contributed by atoms with Gasteiger partial charge in [0.05, 0.1) is 19.8 Å². The van der Waals surface area contributed by atoms with Crippen molar-refractivity contribution < 1.29 is 42.3 Å². The van der Waals surface area contributed by atoms with Crippen LogP contribution < -0.4 is 15.1 Å². The Morgan fingerprint density at radius 1 is 1.03 bits per heavy atom. The standard InChI is InChI=1S/C22H33N5O9S/c1-33-13-14-35-22(29)27-16-3-8-19(27)20(21(28)23-30)26(15-16)37(31,32)25-11-9-24(10-12-25)36-18-6-4-17(34-2)5-7-18/h4-7,16,19-20,30H,3,8-15H2,1-2H3,(H,23,28)/t16-,19+,20-/m1/s1. The van der Waals surface area contributed by atoms with Crippen molar-refractivity contribution in [2.24, 2.45) is 0 Å². The first-order valence-electron chi connectivity index (χ1n) is 12.0. The fraction of sp³-hybridized carbons (Fsp3) is 0.636. The number of carbonyl (C=O) groups excluding carboxylic acids is 2. The van der Waals surface area contributed by atoms with Gasteiger partial charge in [0, 0.05) is 45.9 Å². The minimum Gasteiger partial charge on any atom is -0.497 e. The number of fused-ring (bicyclic) bond motifs is 2. The maximum absolute atomic E-state index is 13.7. The van der Waals surface area contributed by atoms with E-state index in [4.69, 9.17) is 19.0 Å². The van der Waals surface area contributed by atoms with Gasteiger partial charge in [-0.2, -0.15) is 17.0 Å².